The minimum atomic E-state index is 0. The molecule has 0 bridgehead atoms. The van der Waals surface area contributed by atoms with Crippen LogP contribution < -0.4 is 5.73 Å². The molecule has 21 heavy (non-hydrogen) atoms. The average molecular weight is 329 g/mol. The summed E-state index contributed by atoms with van der Waals surface area (Å²) in [5.41, 5.74) is 7.89. The van der Waals surface area contributed by atoms with Gasteiger partial charge in [-0.25, -0.2) is 0 Å². The van der Waals surface area contributed by atoms with Crippen molar-refractivity contribution in [3.63, 3.8) is 0 Å². The summed E-state index contributed by atoms with van der Waals surface area (Å²) >= 11 is 6.12. The molecular weight excluding hydrogens is 307 g/mol. The van der Waals surface area contributed by atoms with E-state index >= 15 is 0 Å². The first kappa shape index (κ1) is 16.6. The van der Waals surface area contributed by atoms with Gasteiger partial charge < -0.3 is 10.6 Å². The summed E-state index contributed by atoms with van der Waals surface area (Å²) < 4.78 is 0. The van der Waals surface area contributed by atoms with Gasteiger partial charge in [0.15, 0.2) is 0 Å². The third kappa shape index (κ3) is 3.20. The Hall–Kier alpha value is -0.770. The van der Waals surface area contributed by atoms with E-state index in [1.54, 1.807) is 6.07 Å². The Balaban J connectivity index is 0.00000161. The number of amides is 1. The standard InChI is InChI=1S/C16H21ClN2O.ClH/c1-10-5-6-11(7-14(10)17)16(20)19-8-12-3-2-4-15(18)13(12)9-19;/h5-7,12-13,15H,2-4,8-9,18H2,1H3;1H. The lowest BCUT2D eigenvalue weighted by Crippen LogP contribution is -2.38. The summed E-state index contributed by atoms with van der Waals surface area (Å²) in [6, 6.07) is 5.81. The van der Waals surface area contributed by atoms with Crippen molar-refractivity contribution >= 4 is 29.9 Å². The van der Waals surface area contributed by atoms with Gasteiger partial charge in [0, 0.05) is 29.7 Å². The first-order valence-corrected chi connectivity index (χ1v) is 7.75. The number of nitrogens with zero attached hydrogens (tertiary/aromatic N) is 1. The molecule has 1 aliphatic carbocycles. The van der Waals surface area contributed by atoms with Crippen LogP contribution in [0.15, 0.2) is 18.2 Å². The summed E-state index contributed by atoms with van der Waals surface area (Å²) in [5, 5.41) is 0.657. The van der Waals surface area contributed by atoms with Gasteiger partial charge in [0.2, 0.25) is 0 Å². The fourth-order valence-electron chi connectivity index (χ4n) is 3.59. The summed E-state index contributed by atoms with van der Waals surface area (Å²) in [4.78, 5) is 14.5. The van der Waals surface area contributed by atoms with Gasteiger partial charge in [-0.1, -0.05) is 24.1 Å². The van der Waals surface area contributed by atoms with Crippen LogP contribution in [-0.4, -0.2) is 29.9 Å². The summed E-state index contributed by atoms with van der Waals surface area (Å²) in [5.74, 6) is 1.16. The van der Waals surface area contributed by atoms with E-state index in [1.165, 1.54) is 12.8 Å². The third-order valence-electron chi connectivity index (χ3n) is 4.86. The van der Waals surface area contributed by atoms with E-state index in [4.69, 9.17) is 17.3 Å². The maximum atomic E-state index is 12.6. The Morgan fingerprint density at radius 2 is 2.10 bits per heavy atom. The van der Waals surface area contributed by atoms with Crippen molar-refractivity contribution in [3.8, 4) is 0 Å². The van der Waals surface area contributed by atoms with Gasteiger partial charge in [-0.15, -0.1) is 12.4 Å². The quantitative estimate of drug-likeness (QED) is 0.859. The molecule has 1 saturated heterocycles. The van der Waals surface area contributed by atoms with Crippen molar-refractivity contribution in [1.29, 1.82) is 0 Å². The highest BCUT2D eigenvalue weighted by molar-refractivity contribution is 6.31. The predicted molar refractivity (Wildman–Crippen MR) is 88.1 cm³/mol. The van der Waals surface area contributed by atoms with Gasteiger partial charge in [0.25, 0.3) is 5.91 Å². The summed E-state index contributed by atoms with van der Waals surface area (Å²) in [6.07, 6.45) is 3.50. The van der Waals surface area contributed by atoms with Crippen LogP contribution in [0.4, 0.5) is 0 Å². The van der Waals surface area contributed by atoms with Crippen molar-refractivity contribution in [3.05, 3.63) is 34.3 Å². The second-order valence-electron chi connectivity index (χ2n) is 6.19. The molecular formula is C16H22Cl2N2O. The number of benzene rings is 1. The number of likely N-dealkylation sites (tertiary alicyclic amines) is 1. The lowest BCUT2D eigenvalue weighted by atomic mass is 9.78. The van der Waals surface area contributed by atoms with E-state index in [2.05, 4.69) is 0 Å². The van der Waals surface area contributed by atoms with Crippen LogP contribution in [0.25, 0.3) is 0 Å². The van der Waals surface area contributed by atoms with E-state index in [0.29, 0.717) is 22.4 Å². The largest absolute Gasteiger partial charge is 0.338 e. The Morgan fingerprint density at radius 1 is 1.33 bits per heavy atom. The van der Waals surface area contributed by atoms with Crippen molar-refractivity contribution in [2.75, 3.05) is 13.1 Å². The smallest absolute Gasteiger partial charge is 0.253 e. The van der Waals surface area contributed by atoms with E-state index in [-0.39, 0.29) is 24.4 Å². The summed E-state index contributed by atoms with van der Waals surface area (Å²) in [6.45, 7) is 3.60. The number of carbonyl (C=O) groups is 1. The maximum absolute atomic E-state index is 12.6. The molecule has 2 N–H and O–H groups in total. The molecule has 3 nitrogen and oxygen atoms in total. The molecule has 1 heterocycles. The van der Waals surface area contributed by atoms with Crippen molar-refractivity contribution < 1.29 is 4.79 Å². The predicted octanol–water partition coefficient (Wildman–Crippen LogP) is 3.27. The molecule has 0 spiro atoms. The molecule has 1 saturated carbocycles. The highest BCUT2D eigenvalue weighted by Crippen LogP contribution is 2.36. The number of rotatable bonds is 1. The molecule has 3 unspecified atom stereocenters. The minimum absolute atomic E-state index is 0. The van der Waals surface area contributed by atoms with Crippen LogP contribution in [0.2, 0.25) is 5.02 Å². The first-order valence-electron chi connectivity index (χ1n) is 7.37. The van der Waals surface area contributed by atoms with E-state index in [0.717, 1.165) is 25.1 Å². The number of aryl methyl sites for hydroxylation is 1. The van der Waals surface area contributed by atoms with E-state index < -0.39 is 0 Å². The number of halogens is 2. The van der Waals surface area contributed by atoms with Crippen LogP contribution in [-0.2, 0) is 0 Å². The summed E-state index contributed by atoms with van der Waals surface area (Å²) in [7, 11) is 0. The van der Waals surface area contributed by atoms with E-state index in [9.17, 15) is 4.79 Å². The normalized spacial score (nSPS) is 28.0. The highest BCUT2D eigenvalue weighted by atomic mass is 35.5. The zero-order valence-corrected chi connectivity index (χ0v) is 13.8. The van der Waals surface area contributed by atoms with Crippen LogP contribution in [0.1, 0.15) is 35.2 Å². The van der Waals surface area contributed by atoms with Crippen LogP contribution >= 0.6 is 24.0 Å². The van der Waals surface area contributed by atoms with Gasteiger partial charge >= 0.3 is 0 Å². The molecule has 2 fully saturated rings. The zero-order valence-electron chi connectivity index (χ0n) is 12.2. The van der Waals surface area contributed by atoms with Gasteiger partial charge in [0.05, 0.1) is 0 Å². The molecule has 0 radical (unpaired) electrons. The Kier molecular flexibility index (Phi) is 5.18. The van der Waals surface area contributed by atoms with Crippen molar-refractivity contribution in [1.82, 2.24) is 4.90 Å². The lowest BCUT2D eigenvalue weighted by molar-refractivity contribution is 0.0783. The van der Waals surface area contributed by atoms with Gasteiger partial charge in [-0.05, 0) is 49.3 Å². The molecule has 1 aromatic carbocycles. The third-order valence-corrected chi connectivity index (χ3v) is 5.27. The first-order chi connectivity index (χ1) is 9.56. The number of hydrogen-bond acceptors (Lipinski definition) is 2. The number of nitrogens with two attached hydrogens (primary N) is 1. The molecule has 1 aliphatic heterocycles. The maximum Gasteiger partial charge on any atom is 0.253 e. The Bertz CT molecular complexity index is 535. The zero-order chi connectivity index (χ0) is 14.3. The Labute approximate surface area is 137 Å². The molecule has 1 amide bonds. The van der Waals surface area contributed by atoms with Crippen molar-refractivity contribution in [2.24, 2.45) is 17.6 Å². The number of carbonyl (C=O) groups excluding carboxylic acids is 1. The molecule has 116 valence electrons. The molecule has 0 aromatic heterocycles. The Morgan fingerprint density at radius 3 is 2.76 bits per heavy atom. The number of fused-ring (bicyclic) bond motifs is 1. The van der Waals surface area contributed by atoms with Gasteiger partial charge in [-0.2, -0.15) is 0 Å². The van der Waals surface area contributed by atoms with Crippen molar-refractivity contribution in [2.45, 2.75) is 32.2 Å². The molecule has 3 rings (SSSR count). The van der Waals surface area contributed by atoms with Crippen LogP contribution in [0.5, 0.6) is 0 Å². The molecule has 5 heteroatoms. The second-order valence-corrected chi connectivity index (χ2v) is 6.60. The fraction of sp³-hybridized carbons (Fsp3) is 0.562. The van der Waals surface area contributed by atoms with Gasteiger partial charge in [-0.3, -0.25) is 4.79 Å². The fourth-order valence-corrected chi connectivity index (χ4v) is 3.77. The molecule has 2 aliphatic rings. The van der Waals surface area contributed by atoms with Gasteiger partial charge in [0.1, 0.15) is 0 Å². The number of hydrogen-bond donors (Lipinski definition) is 1. The monoisotopic (exact) mass is 328 g/mol. The van der Waals surface area contributed by atoms with Crippen LogP contribution in [0, 0.1) is 18.8 Å². The minimum Gasteiger partial charge on any atom is -0.338 e. The molecule has 3 atom stereocenters. The highest BCUT2D eigenvalue weighted by Gasteiger charge is 2.40. The lowest BCUT2D eigenvalue weighted by Gasteiger charge is -2.29. The van der Waals surface area contributed by atoms with E-state index in [1.807, 2.05) is 24.0 Å². The molecule has 1 aromatic rings. The topological polar surface area (TPSA) is 46.3 Å². The SMILES string of the molecule is Cc1ccc(C(=O)N2CC3CCCC(N)C3C2)cc1Cl.Cl. The second kappa shape index (κ2) is 6.55. The average Bonchev–Trinajstić information content (AvgIpc) is 2.86. The van der Waals surface area contributed by atoms with Crippen LogP contribution in [0.3, 0.4) is 0 Å².